The highest BCUT2D eigenvalue weighted by Gasteiger charge is 2.23. The maximum Gasteiger partial charge on any atom is 0.252 e. The summed E-state index contributed by atoms with van der Waals surface area (Å²) in [6.07, 6.45) is 2.41. The fourth-order valence-electron chi connectivity index (χ4n) is 3.15. The van der Waals surface area contributed by atoms with Gasteiger partial charge in [0, 0.05) is 36.1 Å². The lowest BCUT2D eigenvalue weighted by Crippen LogP contribution is -2.35. The minimum absolute atomic E-state index is 0.0715. The summed E-state index contributed by atoms with van der Waals surface area (Å²) in [5.41, 5.74) is 2.92. The predicted molar refractivity (Wildman–Crippen MR) is 97.7 cm³/mol. The second-order valence-corrected chi connectivity index (χ2v) is 6.95. The Labute approximate surface area is 146 Å². The van der Waals surface area contributed by atoms with E-state index in [1.54, 1.807) is 6.07 Å². The smallest absolute Gasteiger partial charge is 0.252 e. The number of hydrogen-bond donors (Lipinski definition) is 1. The highest BCUT2D eigenvalue weighted by atomic mass is 32.1. The molecule has 1 unspecified atom stereocenters. The molecular formula is C19H22N2O2S. The van der Waals surface area contributed by atoms with Crippen LogP contribution in [0.3, 0.4) is 0 Å². The first-order valence-corrected chi connectivity index (χ1v) is 9.31. The van der Waals surface area contributed by atoms with Gasteiger partial charge in [0.1, 0.15) is 0 Å². The van der Waals surface area contributed by atoms with E-state index in [4.69, 9.17) is 0 Å². The number of carbonyl (C=O) groups is 2. The van der Waals surface area contributed by atoms with Gasteiger partial charge in [-0.15, -0.1) is 0 Å². The summed E-state index contributed by atoms with van der Waals surface area (Å²) in [6, 6.07) is 9.94. The molecule has 0 fully saturated rings. The van der Waals surface area contributed by atoms with Gasteiger partial charge < -0.3 is 10.2 Å². The highest BCUT2D eigenvalue weighted by molar-refractivity contribution is 7.08. The molecule has 0 bridgehead atoms. The number of para-hydroxylation sites is 1. The SMILES string of the molecule is CC1CCCN(C(=O)CCNC(=O)c2ccsc2)c2ccccc21. The third kappa shape index (κ3) is 3.67. The molecule has 1 aliphatic rings. The van der Waals surface area contributed by atoms with Crippen LogP contribution in [0.2, 0.25) is 0 Å². The van der Waals surface area contributed by atoms with Crippen molar-refractivity contribution in [1.29, 1.82) is 0 Å². The zero-order valence-electron chi connectivity index (χ0n) is 13.8. The van der Waals surface area contributed by atoms with Gasteiger partial charge in [0.25, 0.3) is 5.91 Å². The van der Waals surface area contributed by atoms with Gasteiger partial charge in [0.05, 0.1) is 0 Å². The molecule has 1 aromatic carbocycles. The van der Waals surface area contributed by atoms with E-state index in [2.05, 4.69) is 18.3 Å². The quantitative estimate of drug-likeness (QED) is 0.919. The Morgan fingerprint density at radius 2 is 2.12 bits per heavy atom. The number of nitrogens with one attached hydrogen (secondary N) is 1. The molecule has 1 aromatic heterocycles. The summed E-state index contributed by atoms with van der Waals surface area (Å²) in [4.78, 5) is 26.5. The van der Waals surface area contributed by atoms with Gasteiger partial charge >= 0.3 is 0 Å². The molecule has 5 heteroatoms. The van der Waals surface area contributed by atoms with Crippen molar-refractivity contribution in [3.63, 3.8) is 0 Å². The molecule has 1 N–H and O–H groups in total. The van der Waals surface area contributed by atoms with Crippen molar-refractivity contribution in [1.82, 2.24) is 5.32 Å². The molecule has 0 saturated heterocycles. The summed E-state index contributed by atoms with van der Waals surface area (Å²) >= 11 is 1.49. The lowest BCUT2D eigenvalue weighted by Gasteiger charge is -2.23. The van der Waals surface area contributed by atoms with Crippen LogP contribution in [-0.4, -0.2) is 24.9 Å². The Bertz CT molecular complexity index is 712. The van der Waals surface area contributed by atoms with Crippen molar-refractivity contribution in [2.75, 3.05) is 18.0 Å². The second-order valence-electron chi connectivity index (χ2n) is 6.17. The third-order valence-corrected chi connectivity index (χ3v) is 5.17. The Balaban J connectivity index is 1.62. The van der Waals surface area contributed by atoms with Crippen LogP contribution in [0.1, 0.15) is 48.0 Å². The molecular weight excluding hydrogens is 320 g/mol. The number of anilines is 1. The maximum absolute atomic E-state index is 12.7. The van der Waals surface area contributed by atoms with Gasteiger partial charge in [0.2, 0.25) is 5.91 Å². The summed E-state index contributed by atoms with van der Waals surface area (Å²) < 4.78 is 0. The maximum atomic E-state index is 12.7. The molecule has 2 amide bonds. The molecule has 0 saturated carbocycles. The summed E-state index contributed by atoms with van der Waals surface area (Å²) in [6.45, 7) is 3.33. The number of hydrogen-bond acceptors (Lipinski definition) is 3. The van der Waals surface area contributed by atoms with E-state index in [-0.39, 0.29) is 11.8 Å². The van der Waals surface area contributed by atoms with Gasteiger partial charge in [-0.25, -0.2) is 0 Å². The van der Waals surface area contributed by atoms with Crippen molar-refractivity contribution in [2.24, 2.45) is 0 Å². The minimum Gasteiger partial charge on any atom is -0.351 e. The number of nitrogens with zero attached hydrogens (tertiary/aromatic N) is 1. The third-order valence-electron chi connectivity index (χ3n) is 4.49. The van der Waals surface area contributed by atoms with Crippen LogP contribution in [0.25, 0.3) is 0 Å². The van der Waals surface area contributed by atoms with E-state index < -0.39 is 0 Å². The fraction of sp³-hybridized carbons (Fsp3) is 0.368. The summed E-state index contributed by atoms with van der Waals surface area (Å²) in [5.74, 6) is 0.424. The van der Waals surface area contributed by atoms with Crippen LogP contribution in [0.15, 0.2) is 41.1 Å². The average molecular weight is 342 g/mol. The normalized spacial score (nSPS) is 17.0. The zero-order valence-corrected chi connectivity index (χ0v) is 14.6. The van der Waals surface area contributed by atoms with Gasteiger partial charge in [0.15, 0.2) is 0 Å². The first-order chi connectivity index (χ1) is 11.7. The molecule has 1 aliphatic heterocycles. The molecule has 2 aromatic rings. The van der Waals surface area contributed by atoms with E-state index in [1.165, 1.54) is 16.9 Å². The monoisotopic (exact) mass is 342 g/mol. The fourth-order valence-corrected chi connectivity index (χ4v) is 3.79. The van der Waals surface area contributed by atoms with Crippen LogP contribution in [0.5, 0.6) is 0 Å². The topological polar surface area (TPSA) is 49.4 Å². The first-order valence-electron chi connectivity index (χ1n) is 8.36. The Morgan fingerprint density at radius 1 is 1.29 bits per heavy atom. The first kappa shape index (κ1) is 16.7. The number of benzene rings is 1. The predicted octanol–water partition coefficient (Wildman–Crippen LogP) is 3.80. The number of thiophene rings is 1. The van der Waals surface area contributed by atoms with Crippen molar-refractivity contribution in [3.8, 4) is 0 Å². The minimum atomic E-state index is -0.117. The van der Waals surface area contributed by atoms with Gasteiger partial charge in [-0.2, -0.15) is 11.3 Å². The van der Waals surface area contributed by atoms with Crippen molar-refractivity contribution in [2.45, 2.75) is 32.1 Å². The highest BCUT2D eigenvalue weighted by Crippen LogP contribution is 2.34. The number of carbonyl (C=O) groups excluding carboxylic acids is 2. The molecule has 0 spiro atoms. The molecule has 2 heterocycles. The molecule has 24 heavy (non-hydrogen) atoms. The van der Waals surface area contributed by atoms with E-state index in [9.17, 15) is 9.59 Å². The average Bonchev–Trinajstić information content (AvgIpc) is 3.07. The lowest BCUT2D eigenvalue weighted by molar-refractivity contribution is -0.118. The molecule has 1 atom stereocenters. The van der Waals surface area contributed by atoms with E-state index in [0.717, 1.165) is 25.1 Å². The molecule has 3 rings (SSSR count). The number of rotatable bonds is 4. The zero-order chi connectivity index (χ0) is 16.9. The molecule has 0 radical (unpaired) electrons. The van der Waals surface area contributed by atoms with Crippen LogP contribution in [0.4, 0.5) is 5.69 Å². The summed E-state index contributed by atoms with van der Waals surface area (Å²) in [7, 11) is 0. The van der Waals surface area contributed by atoms with Crippen LogP contribution in [-0.2, 0) is 4.79 Å². The molecule has 4 nitrogen and oxygen atoms in total. The van der Waals surface area contributed by atoms with Crippen molar-refractivity contribution >= 4 is 28.8 Å². The Kier molecular flexibility index (Phi) is 5.30. The summed E-state index contributed by atoms with van der Waals surface area (Å²) in [5, 5.41) is 6.50. The van der Waals surface area contributed by atoms with Gasteiger partial charge in [-0.3, -0.25) is 9.59 Å². The lowest BCUT2D eigenvalue weighted by atomic mass is 9.96. The second kappa shape index (κ2) is 7.62. The van der Waals surface area contributed by atoms with E-state index in [1.807, 2.05) is 33.9 Å². The van der Waals surface area contributed by atoms with Crippen LogP contribution < -0.4 is 10.2 Å². The van der Waals surface area contributed by atoms with Crippen LogP contribution >= 0.6 is 11.3 Å². The number of amides is 2. The van der Waals surface area contributed by atoms with Crippen LogP contribution in [0, 0.1) is 0 Å². The van der Waals surface area contributed by atoms with Gasteiger partial charge in [-0.1, -0.05) is 25.1 Å². The Morgan fingerprint density at radius 3 is 2.92 bits per heavy atom. The molecule has 0 aliphatic carbocycles. The van der Waals surface area contributed by atoms with Gasteiger partial charge in [-0.05, 0) is 41.8 Å². The number of fused-ring (bicyclic) bond motifs is 1. The van der Waals surface area contributed by atoms with Crippen molar-refractivity contribution < 1.29 is 9.59 Å². The Hall–Kier alpha value is -2.14. The van der Waals surface area contributed by atoms with Crippen molar-refractivity contribution in [3.05, 3.63) is 52.2 Å². The van der Waals surface area contributed by atoms with E-state index in [0.29, 0.717) is 24.4 Å². The standard InChI is InChI=1S/C19H22N2O2S/c1-14-5-4-11-21(17-7-3-2-6-16(14)17)18(22)8-10-20-19(23)15-9-12-24-13-15/h2-3,6-7,9,12-14H,4-5,8,10-11H2,1H3,(H,20,23). The van der Waals surface area contributed by atoms with E-state index >= 15 is 0 Å². The largest absolute Gasteiger partial charge is 0.351 e. The molecule has 126 valence electrons.